The van der Waals surface area contributed by atoms with E-state index in [1.54, 1.807) is 47.2 Å². The van der Waals surface area contributed by atoms with Gasteiger partial charge in [-0.15, -0.1) is 0 Å². The Morgan fingerprint density at radius 3 is 2.96 bits per heavy atom. The van der Waals surface area contributed by atoms with Gasteiger partial charge in [-0.3, -0.25) is 19.3 Å². The van der Waals surface area contributed by atoms with E-state index in [-0.39, 0.29) is 24.5 Å². The van der Waals surface area contributed by atoms with E-state index in [0.717, 1.165) is 0 Å². The third-order valence-corrected chi connectivity index (χ3v) is 3.88. The number of aromatic nitrogens is 3. The molecule has 1 fully saturated rings. The molecule has 0 spiro atoms. The molecule has 1 aliphatic rings. The molecule has 3 heterocycles. The first-order chi connectivity index (χ1) is 11.7. The van der Waals surface area contributed by atoms with Gasteiger partial charge in [0, 0.05) is 32.2 Å². The molecule has 2 aromatic rings. The van der Waals surface area contributed by atoms with Crippen molar-refractivity contribution in [2.24, 2.45) is 0 Å². The Morgan fingerprint density at radius 2 is 2.29 bits per heavy atom. The van der Waals surface area contributed by atoms with E-state index in [0.29, 0.717) is 31.0 Å². The van der Waals surface area contributed by atoms with Gasteiger partial charge in [-0.05, 0) is 18.2 Å². The fourth-order valence-electron chi connectivity index (χ4n) is 2.56. The maximum absolute atomic E-state index is 12.4. The number of nitrogens with one attached hydrogen (secondary N) is 1. The largest absolute Gasteiger partial charge is 0.368 e. The van der Waals surface area contributed by atoms with E-state index < -0.39 is 0 Å². The van der Waals surface area contributed by atoms with Crippen molar-refractivity contribution in [2.75, 3.05) is 26.7 Å². The topological polar surface area (TPSA) is 89.4 Å². The van der Waals surface area contributed by atoms with Gasteiger partial charge in [-0.25, -0.2) is 0 Å². The first-order valence-corrected chi connectivity index (χ1v) is 7.72. The number of morpholine rings is 1. The molecule has 0 radical (unpaired) electrons. The fourth-order valence-corrected chi connectivity index (χ4v) is 2.56. The lowest BCUT2D eigenvalue weighted by Crippen LogP contribution is -2.43. The Bertz CT molecular complexity index is 699. The van der Waals surface area contributed by atoms with Crippen LogP contribution < -0.4 is 5.32 Å². The highest BCUT2D eigenvalue weighted by Crippen LogP contribution is 2.21. The number of carbonyl (C=O) groups excluding carboxylic acids is 2. The molecule has 2 amide bonds. The van der Waals surface area contributed by atoms with Crippen molar-refractivity contribution in [3.63, 3.8) is 0 Å². The zero-order valence-corrected chi connectivity index (χ0v) is 13.4. The van der Waals surface area contributed by atoms with Gasteiger partial charge in [0.15, 0.2) is 0 Å². The predicted molar refractivity (Wildman–Crippen MR) is 85.1 cm³/mol. The number of rotatable bonds is 4. The molecule has 0 unspecified atom stereocenters. The van der Waals surface area contributed by atoms with Gasteiger partial charge in [-0.1, -0.05) is 0 Å². The number of hydrogen-bond donors (Lipinski definition) is 1. The maximum Gasteiger partial charge on any atom is 0.252 e. The van der Waals surface area contributed by atoms with Crippen molar-refractivity contribution >= 4 is 11.8 Å². The molecule has 0 bridgehead atoms. The SMILES string of the molecule is CNC(=O)c1ccc([C@@H]2CN(C(=O)Cn3cccn3)CCO2)nc1. The lowest BCUT2D eigenvalue weighted by atomic mass is 10.1. The molecular formula is C16H19N5O3. The van der Waals surface area contributed by atoms with Crippen molar-refractivity contribution in [1.29, 1.82) is 0 Å². The summed E-state index contributed by atoms with van der Waals surface area (Å²) in [6.07, 6.45) is 4.63. The molecule has 2 aromatic heterocycles. The predicted octanol–water partition coefficient (Wildman–Crippen LogP) is 0.238. The summed E-state index contributed by atoms with van der Waals surface area (Å²) in [6.45, 7) is 1.65. The van der Waals surface area contributed by atoms with E-state index in [1.807, 2.05) is 0 Å². The summed E-state index contributed by atoms with van der Waals surface area (Å²) in [7, 11) is 1.57. The first-order valence-electron chi connectivity index (χ1n) is 7.72. The van der Waals surface area contributed by atoms with Gasteiger partial charge in [0.2, 0.25) is 5.91 Å². The number of nitrogens with zero attached hydrogens (tertiary/aromatic N) is 4. The molecule has 1 atom stereocenters. The minimum Gasteiger partial charge on any atom is -0.368 e. The monoisotopic (exact) mass is 329 g/mol. The van der Waals surface area contributed by atoms with E-state index in [2.05, 4.69) is 15.4 Å². The van der Waals surface area contributed by atoms with E-state index in [4.69, 9.17) is 4.74 Å². The second-order valence-corrected chi connectivity index (χ2v) is 5.45. The molecule has 0 saturated carbocycles. The zero-order chi connectivity index (χ0) is 16.9. The Labute approximate surface area is 139 Å². The molecule has 24 heavy (non-hydrogen) atoms. The molecule has 126 valence electrons. The normalized spacial score (nSPS) is 17.5. The van der Waals surface area contributed by atoms with Crippen LogP contribution >= 0.6 is 0 Å². The smallest absolute Gasteiger partial charge is 0.252 e. The molecule has 1 aliphatic heterocycles. The zero-order valence-electron chi connectivity index (χ0n) is 13.4. The number of carbonyl (C=O) groups is 2. The van der Waals surface area contributed by atoms with E-state index in [9.17, 15) is 9.59 Å². The fraction of sp³-hybridized carbons (Fsp3) is 0.375. The van der Waals surface area contributed by atoms with Crippen LogP contribution in [0.3, 0.4) is 0 Å². The number of pyridine rings is 1. The summed E-state index contributed by atoms with van der Waals surface area (Å²) in [5, 5.41) is 6.60. The summed E-state index contributed by atoms with van der Waals surface area (Å²) in [4.78, 5) is 30.0. The third-order valence-electron chi connectivity index (χ3n) is 3.88. The van der Waals surface area contributed by atoms with Crippen LogP contribution in [0.1, 0.15) is 22.2 Å². The second-order valence-electron chi connectivity index (χ2n) is 5.45. The summed E-state index contributed by atoms with van der Waals surface area (Å²) in [5.74, 6) is -0.191. The van der Waals surface area contributed by atoms with Crippen LogP contribution in [0.2, 0.25) is 0 Å². The standard InChI is InChI=1S/C16H19N5O3/c1-17-16(23)12-3-4-13(18-9-12)14-10-20(7-8-24-14)15(22)11-21-6-2-5-19-21/h2-6,9,14H,7-8,10-11H2,1H3,(H,17,23)/t14-/m0/s1. The van der Waals surface area contributed by atoms with Crippen molar-refractivity contribution in [3.05, 3.63) is 48.0 Å². The van der Waals surface area contributed by atoms with Crippen molar-refractivity contribution < 1.29 is 14.3 Å². The summed E-state index contributed by atoms with van der Waals surface area (Å²) < 4.78 is 7.33. The molecule has 1 saturated heterocycles. The Balaban J connectivity index is 1.64. The Kier molecular flexibility index (Phi) is 4.85. The highest BCUT2D eigenvalue weighted by molar-refractivity contribution is 5.93. The molecule has 3 rings (SSSR count). The van der Waals surface area contributed by atoms with Gasteiger partial charge in [0.05, 0.1) is 24.4 Å². The molecular weight excluding hydrogens is 310 g/mol. The van der Waals surface area contributed by atoms with Crippen LogP contribution in [0, 0.1) is 0 Å². The van der Waals surface area contributed by atoms with Gasteiger partial charge in [0.1, 0.15) is 12.6 Å². The molecule has 8 heteroatoms. The Hall–Kier alpha value is -2.74. The second kappa shape index (κ2) is 7.22. The maximum atomic E-state index is 12.4. The third kappa shape index (κ3) is 3.60. The summed E-state index contributed by atoms with van der Waals surface area (Å²) >= 11 is 0. The minimum atomic E-state index is -0.293. The molecule has 0 aromatic carbocycles. The van der Waals surface area contributed by atoms with Crippen LogP contribution in [-0.4, -0.2) is 58.2 Å². The molecule has 8 nitrogen and oxygen atoms in total. The van der Waals surface area contributed by atoms with Gasteiger partial charge in [0.25, 0.3) is 5.91 Å². The molecule has 0 aliphatic carbocycles. The summed E-state index contributed by atoms with van der Waals surface area (Å²) in [6, 6.07) is 5.25. The lowest BCUT2D eigenvalue weighted by molar-refractivity contribution is -0.140. The highest BCUT2D eigenvalue weighted by atomic mass is 16.5. The van der Waals surface area contributed by atoms with Gasteiger partial charge >= 0.3 is 0 Å². The van der Waals surface area contributed by atoms with Crippen molar-refractivity contribution in [1.82, 2.24) is 25.0 Å². The van der Waals surface area contributed by atoms with Gasteiger partial charge in [-0.2, -0.15) is 5.10 Å². The van der Waals surface area contributed by atoms with Crippen LogP contribution in [0.5, 0.6) is 0 Å². The van der Waals surface area contributed by atoms with E-state index >= 15 is 0 Å². The average Bonchev–Trinajstić information content (AvgIpc) is 3.14. The van der Waals surface area contributed by atoms with Crippen LogP contribution in [0.25, 0.3) is 0 Å². The number of hydrogen-bond acceptors (Lipinski definition) is 5. The number of ether oxygens (including phenoxy) is 1. The Morgan fingerprint density at radius 1 is 1.42 bits per heavy atom. The summed E-state index contributed by atoms with van der Waals surface area (Å²) in [5.41, 5.74) is 1.20. The average molecular weight is 329 g/mol. The first kappa shape index (κ1) is 16.1. The van der Waals surface area contributed by atoms with Crippen LogP contribution in [-0.2, 0) is 16.1 Å². The lowest BCUT2D eigenvalue weighted by Gasteiger charge is -2.32. The van der Waals surface area contributed by atoms with Gasteiger partial charge < -0.3 is 15.0 Å². The van der Waals surface area contributed by atoms with Crippen LogP contribution in [0.4, 0.5) is 0 Å². The van der Waals surface area contributed by atoms with E-state index in [1.165, 1.54) is 6.20 Å². The van der Waals surface area contributed by atoms with Crippen molar-refractivity contribution in [2.45, 2.75) is 12.6 Å². The number of amides is 2. The highest BCUT2D eigenvalue weighted by Gasteiger charge is 2.26. The van der Waals surface area contributed by atoms with Crippen LogP contribution in [0.15, 0.2) is 36.8 Å². The quantitative estimate of drug-likeness (QED) is 0.868. The minimum absolute atomic E-state index is 0.00557. The molecule has 1 N–H and O–H groups in total. The van der Waals surface area contributed by atoms with Crippen molar-refractivity contribution in [3.8, 4) is 0 Å².